The van der Waals surface area contributed by atoms with Crippen LogP contribution in [-0.4, -0.2) is 15.3 Å². The molecule has 0 aliphatic carbocycles. The molecule has 3 nitrogen and oxygen atoms in total. The van der Waals surface area contributed by atoms with Crippen molar-refractivity contribution in [2.45, 2.75) is 40.7 Å². The molecule has 0 aliphatic rings. The number of aromatic nitrogens is 2. The first-order chi connectivity index (χ1) is 9.02. The highest BCUT2D eigenvalue weighted by molar-refractivity contribution is 5.99. The van der Waals surface area contributed by atoms with E-state index in [-0.39, 0.29) is 5.78 Å². The Morgan fingerprint density at radius 2 is 1.84 bits per heavy atom. The van der Waals surface area contributed by atoms with E-state index in [4.69, 9.17) is 0 Å². The molecule has 3 heteroatoms. The monoisotopic (exact) mass is 256 g/mol. The van der Waals surface area contributed by atoms with Gasteiger partial charge in [-0.25, -0.2) is 4.98 Å². The van der Waals surface area contributed by atoms with E-state index >= 15 is 0 Å². The lowest BCUT2D eigenvalue weighted by Gasteiger charge is -2.10. The van der Waals surface area contributed by atoms with Crippen molar-refractivity contribution in [2.75, 3.05) is 0 Å². The van der Waals surface area contributed by atoms with Gasteiger partial charge >= 0.3 is 0 Å². The van der Waals surface area contributed by atoms with E-state index in [2.05, 4.69) is 31.0 Å². The number of benzene rings is 1. The quantitative estimate of drug-likeness (QED) is 0.787. The molecule has 0 radical (unpaired) electrons. The van der Waals surface area contributed by atoms with Gasteiger partial charge in [0.1, 0.15) is 5.82 Å². The molecule has 1 aromatic heterocycles. The van der Waals surface area contributed by atoms with Gasteiger partial charge in [0.05, 0.1) is 6.42 Å². The number of hydrogen-bond acceptors (Lipinski definition) is 2. The molecule has 0 N–H and O–H groups in total. The van der Waals surface area contributed by atoms with E-state index in [1.165, 1.54) is 5.56 Å². The number of hydrogen-bond donors (Lipinski definition) is 0. The van der Waals surface area contributed by atoms with Crippen LogP contribution >= 0.6 is 0 Å². The average molecular weight is 256 g/mol. The van der Waals surface area contributed by atoms with Crippen LogP contribution in [0.15, 0.2) is 24.5 Å². The van der Waals surface area contributed by atoms with Gasteiger partial charge in [-0.05, 0) is 38.8 Å². The van der Waals surface area contributed by atoms with Crippen molar-refractivity contribution in [1.29, 1.82) is 0 Å². The lowest BCUT2D eigenvalue weighted by atomic mass is 9.95. The molecular weight excluding hydrogens is 236 g/mol. The number of rotatable bonds is 4. The highest BCUT2D eigenvalue weighted by atomic mass is 16.1. The Hall–Kier alpha value is -1.90. The van der Waals surface area contributed by atoms with Gasteiger partial charge in [0.25, 0.3) is 0 Å². The van der Waals surface area contributed by atoms with Crippen molar-refractivity contribution in [3.8, 4) is 0 Å². The zero-order valence-electron chi connectivity index (χ0n) is 12.0. The molecule has 2 rings (SSSR count). The zero-order chi connectivity index (χ0) is 14.0. The van der Waals surface area contributed by atoms with Gasteiger partial charge < -0.3 is 4.57 Å². The summed E-state index contributed by atoms with van der Waals surface area (Å²) < 4.78 is 2.01. The SMILES string of the molecule is CCn1ccnc1CC(=O)c1c(C)cc(C)cc1C. The van der Waals surface area contributed by atoms with Crippen molar-refractivity contribution in [2.24, 2.45) is 0 Å². The molecule has 0 saturated heterocycles. The van der Waals surface area contributed by atoms with Gasteiger partial charge in [0.2, 0.25) is 0 Å². The first-order valence-electron chi connectivity index (χ1n) is 6.64. The lowest BCUT2D eigenvalue weighted by molar-refractivity contribution is 0.0988. The summed E-state index contributed by atoms with van der Waals surface area (Å²) in [6.07, 6.45) is 4.03. The average Bonchev–Trinajstić information content (AvgIpc) is 2.74. The third-order valence-electron chi connectivity index (χ3n) is 3.42. The predicted molar refractivity (Wildman–Crippen MR) is 76.6 cm³/mol. The molecule has 0 bridgehead atoms. The number of Topliss-reactive ketones (excluding diaryl/α,β-unsaturated/α-hetero) is 1. The standard InChI is InChI=1S/C16H20N2O/c1-5-18-7-6-17-15(18)10-14(19)16-12(3)8-11(2)9-13(16)4/h6-9H,5,10H2,1-4H3. The molecule has 100 valence electrons. The van der Waals surface area contributed by atoms with Crippen LogP contribution < -0.4 is 0 Å². The molecule has 0 atom stereocenters. The second-order valence-electron chi connectivity index (χ2n) is 5.00. The minimum absolute atomic E-state index is 0.149. The summed E-state index contributed by atoms with van der Waals surface area (Å²) in [7, 11) is 0. The maximum absolute atomic E-state index is 12.5. The molecule has 0 amide bonds. The predicted octanol–water partition coefficient (Wildman–Crippen LogP) is 3.25. The molecule has 0 spiro atoms. The molecule has 0 aliphatic heterocycles. The van der Waals surface area contributed by atoms with Crippen molar-refractivity contribution in [3.63, 3.8) is 0 Å². The number of ketones is 1. The van der Waals surface area contributed by atoms with Crippen LogP contribution in [0.5, 0.6) is 0 Å². The Bertz CT molecular complexity index is 588. The van der Waals surface area contributed by atoms with E-state index in [0.29, 0.717) is 6.42 Å². The molecule has 0 fully saturated rings. The molecule has 19 heavy (non-hydrogen) atoms. The third kappa shape index (κ3) is 2.75. The highest BCUT2D eigenvalue weighted by Crippen LogP contribution is 2.18. The first-order valence-corrected chi connectivity index (χ1v) is 6.64. The summed E-state index contributed by atoms with van der Waals surface area (Å²) in [6.45, 7) is 8.95. The number of aryl methyl sites for hydroxylation is 4. The van der Waals surface area contributed by atoms with E-state index < -0.39 is 0 Å². The van der Waals surface area contributed by atoms with Gasteiger partial charge in [-0.2, -0.15) is 0 Å². The second kappa shape index (κ2) is 5.39. The van der Waals surface area contributed by atoms with Crippen LogP contribution in [0.25, 0.3) is 0 Å². The smallest absolute Gasteiger partial charge is 0.170 e. The van der Waals surface area contributed by atoms with Gasteiger partial charge in [-0.3, -0.25) is 4.79 Å². The Kier molecular flexibility index (Phi) is 3.84. The van der Waals surface area contributed by atoms with Crippen LogP contribution in [0.2, 0.25) is 0 Å². The fourth-order valence-electron chi connectivity index (χ4n) is 2.65. The molecule has 0 saturated carbocycles. The fourth-order valence-corrected chi connectivity index (χ4v) is 2.65. The normalized spacial score (nSPS) is 10.7. The Morgan fingerprint density at radius 1 is 1.21 bits per heavy atom. The minimum Gasteiger partial charge on any atom is -0.335 e. The highest BCUT2D eigenvalue weighted by Gasteiger charge is 2.15. The van der Waals surface area contributed by atoms with E-state index in [1.54, 1.807) is 6.20 Å². The first kappa shape index (κ1) is 13.5. The van der Waals surface area contributed by atoms with E-state index in [9.17, 15) is 4.79 Å². The third-order valence-corrected chi connectivity index (χ3v) is 3.42. The molecule has 0 unspecified atom stereocenters. The zero-order valence-corrected chi connectivity index (χ0v) is 12.0. The van der Waals surface area contributed by atoms with Crippen molar-refractivity contribution < 1.29 is 4.79 Å². The van der Waals surface area contributed by atoms with Crippen LogP contribution in [0.3, 0.4) is 0 Å². The van der Waals surface area contributed by atoms with Crippen LogP contribution in [0, 0.1) is 20.8 Å². The Labute approximate surface area is 114 Å². The van der Waals surface area contributed by atoms with E-state index in [0.717, 1.165) is 29.1 Å². The molecule has 1 heterocycles. The van der Waals surface area contributed by atoms with Crippen molar-refractivity contribution in [1.82, 2.24) is 9.55 Å². The summed E-state index contributed by atoms with van der Waals surface area (Å²) >= 11 is 0. The van der Waals surface area contributed by atoms with Crippen LogP contribution in [0.1, 0.15) is 39.8 Å². The van der Waals surface area contributed by atoms with Gasteiger partial charge in [-0.15, -0.1) is 0 Å². The number of imidazole rings is 1. The summed E-state index contributed by atoms with van der Waals surface area (Å²) in [5.74, 6) is 0.989. The number of carbonyl (C=O) groups is 1. The summed E-state index contributed by atoms with van der Waals surface area (Å²) in [5, 5.41) is 0. The fraction of sp³-hybridized carbons (Fsp3) is 0.375. The van der Waals surface area contributed by atoms with Crippen molar-refractivity contribution in [3.05, 3.63) is 52.6 Å². The Morgan fingerprint density at radius 3 is 2.42 bits per heavy atom. The molecular formula is C16H20N2O. The summed E-state index contributed by atoms with van der Waals surface area (Å²) in [5.41, 5.74) is 4.15. The largest absolute Gasteiger partial charge is 0.335 e. The second-order valence-corrected chi connectivity index (χ2v) is 5.00. The summed E-state index contributed by atoms with van der Waals surface area (Å²) in [4.78, 5) is 16.8. The van der Waals surface area contributed by atoms with Crippen molar-refractivity contribution >= 4 is 5.78 Å². The van der Waals surface area contributed by atoms with Crippen LogP contribution in [-0.2, 0) is 13.0 Å². The van der Waals surface area contributed by atoms with E-state index in [1.807, 2.05) is 24.6 Å². The number of carbonyl (C=O) groups excluding carboxylic acids is 1. The minimum atomic E-state index is 0.149. The van der Waals surface area contributed by atoms with Gasteiger partial charge in [-0.1, -0.05) is 17.7 Å². The Balaban J connectivity index is 2.31. The van der Waals surface area contributed by atoms with Gasteiger partial charge in [0, 0.05) is 24.5 Å². The van der Waals surface area contributed by atoms with Crippen LogP contribution in [0.4, 0.5) is 0 Å². The molecule has 2 aromatic rings. The molecule has 1 aromatic carbocycles. The lowest BCUT2D eigenvalue weighted by Crippen LogP contribution is -2.12. The topological polar surface area (TPSA) is 34.9 Å². The summed E-state index contributed by atoms with van der Waals surface area (Å²) in [6, 6.07) is 4.12. The maximum Gasteiger partial charge on any atom is 0.170 e. The van der Waals surface area contributed by atoms with Gasteiger partial charge in [0.15, 0.2) is 5.78 Å². The maximum atomic E-state index is 12.5. The number of nitrogens with zero attached hydrogens (tertiary/aromatic N) is 2.